The van der Waals surface area contributed by atoms with E-state index in [1.54, 1.807) is 0 Å². The van der Waals surface area contributed by atoms with Gasteiger partial charge < -0.3 is 19.7 Å². The molecule has 2 N–H and O–H groups in total. The lowest BCUT2D eigenvalue weighted by molar-refractivity contribution is 0.0256. The molecule has 1 aromatic heterocycles. The van der Waals surface area contributed by atoms with Gasteiger partial charge in [0.15, 0.2) is 0 Å². The molecule has 0 radical (unpaired) electrons. The minimum absolute atomic E-state index is 0.239. The van der Waals surface area contributed by atoms with Crippen LogP contribution >= 0.6 is 0 Å². The predicted molar refractivity (Wildman–Crippen MR) is 72.1 cm³/mol. The molecule has 0 bridgehead atoms. The first kappa shape index (κ1) is 13.1. The lowest BCUT2D eigenvalue weighted by Gasteiger charge is -2.23. The molecule has 0 aliphatic carbocycles. The summed E-state index contributed by atoms with van der Waals surface area (Å²) < 4.78 is 16.2. The average Bonchev–Trinajstić information content (AvgIpc) is 2.98. The maximum Gasteiger partial charge on any atom is 0.240 e. The third-order valence-corrected chi connectivity index (χ3v) is 3.23. The van der Waals surface area contributed by atoms with E-state index >= 15 is 0 Å². The van der Waals surface area contributed by atoms with Crippen molar-refractivity contribution in [3.05, 3.63) is 30.2 Å². The third-order valence-electron chi connectivity index (χ3n) is 3.23. The summed E-state index contributed by atoms with van der Waals surface area (Å²) in [6.45, 7) is 1.79. The Labute approximate surface area is 116 Å². The molecule has 3 rings (SSSR count). The summed E-state index contributed by atoms with van der Waals surface area (Å²) in [4.78, 5) is 4.18. The number of ether oxygens (including phenoxy) is 2. The summed E-state index contributed by atoms with van der Waals surface area (Å²) in [5, 5.41) is 3.88. The van der Waals surface area contributed by atoms with Crippen LogP contribution in [0.1, 0.15) is 18.7 Å². The predicted octanol–water partition coefficient (Wildman–Crippen LogP) is 1.75. The summed E-state index contributed by atoms with van der Waals surface area (Å²) in [7, 11) is 0. The lowest BCUT2D eigenvalue weighted by Crippen LogP contribution is -2.25. The van der Waals surface area contributed by atoms with Crippen molar-refractivity contribution in [3.8, 4) is 17.1 Å². The number of nitrogens with zero attached hydrogens (tertiary/aromatic N) is 2. The Kier molecular flexibility index (Phi) is 3.94. The number of benzene rings is 1. The Hall–Kier alpha value is -1.92. The Morgan fingerprint density at radius 2 is 1.95 bits per heavy atom. The van der Waals surface area contributed by atoms with Crippen molar-refractivity contribution in [3.63, 3.8) is 0 Å². The van der Waals surface area contributed by atoms with Crippen LogP contribution in [0.2, 0.25) is 0 Å². The standard InChI is InChI=1S/C14H17N3O3/c15-9-13-16-14(17-20-13)10-1-3-11(4-2-10)19-12-5-7-18-8-6-12/h1-4,12H,5-9,15H2. The van der Waals surface area contributed by atoms with E-state index < -0.39 is 0 Å². The molecule has 1 aliphatic rings. The van der Waals surface area contributed by atoms with E-state index in [4.69, 9.17) is 19.7 Å². The van der Waals surface area contributed by atoms with Crippen LogP contribution < -0.4 is 10.5 Å². The van der Waals surface area contributed by atoms with Crippen LogP contribution in [0.15, 0.2) is 28.8 Å². The fraction of sp³-hybridized carbons (Fsp3) is 0.429. The van der Waals surface area contributed by atoms with Gasteiger partial charge in [0.25, 0.3) is 0 Å². The maximum absolute atomic E-state index is 5.91. The van der Waals surface area contributed by atoms with Gasteiger partial charge in [0.1, 0.15) is 11.9 Å². The number of aromatic nitrogens is 2. The van der Waals surface area contributed by atoms with E-state index in [2.05, 4.69) is 10.1 Å². The summed E-state index contributed by atoms with van der Waals surface area (Å²) in [6.07, 6.45) is 2.11. The summed E-state index contributed by atoms with van der Waals surface area (Å²) in [5.74, 6) is 1.83. The van der Waals surface area contributed by atoms with Crippen molar-refractivity contribution in [1.82, 2.24) is 10.1 Å². The van der Waals surface area contributed by atoms with Gasteiger partial charge in [-0.15, -0.1) is 0 Å². The molecule has 0 amide bonds. The van der Waals surface area contributed by atoms with Gasteiger partial charge in [0.05, 0.1) is 19.8 Å². The zero-order valence-electron chi connectivity index (χ0n) is 11.1. The molecule has 0 unspecified atom stereocenters. The average molecular weight is 275 g/mol. The van der Waals surface area contributed by atoms with Gasteiger partial charge in [0, 0.05) is 18.4 Å². The Morgan fingerprint density at radius 3 is 2.60 bits per heavy atom. The molecule has 1 aliphatic heterocycles. The van der Waals surface area contributed by atoms with E-state index in [1.807, 2.05) is 24.3 Å². The van der Waals surface area contributed by atoms with Crippen molar-refractivity contribution >= 4 is 0 Å². The quantitative estimate of drug-likeness (QED) is 0.915. The molecule has 1 saturated heterocycles. The zero-order valence-corrected chi connectivity index (χ0v) is 11.1. The Bertz CT molecular complexity index is 547. The largest absolute Gasteiger partial charge is 0.490 e. The number of rotatable bonds is 4. The first-order valence-corrected chi connectivity index (χ1v) is 6.72. The molecule has 106 valence electrons. The normalized spacial score (nSPS) is 16.2. The molecule has 1 aromatic carbocycles. The second-order valence-corrected chi connectivity index (χ2v) is 4.67. The summed E-state index contributed by atoms with van der Waals surface area (Å²) in [6, 6.07) is 7.67. The van der Waals surface area contributed by atoms with Crippen LogP contribution in [0, 0.1) is 0 Å². The van der Waals surface area contributed by atoms with Crippen LogP contribution in [0.4, 0.5) is 0 Å². The molecule has 0 spiro atoms. The second-order valence-electron chi connectivity index (χ2n) is 4.67. The van der Waals surface area contributed by atoms with Crippen LogP contribution in [0.3, 0.4) is 0 Å². The van der Waals surface area contributed by atoms with Crippen molar-refractivity contribution in [2.75, 3.05) is 13.2 Å². The van der Waals surface area contributed by atoms with Gasteiger partial charge in [0.2, 0.25) is 11.7 Å². The van der Waals surface area contributed by atoms with Crippen LogP contribution in [-0.2, 0) is 11.3 Å². The van der Waals surface area contributed by atoms with E-state index in [9.17, 15) is 0 Å². The summed E-state index contributed by atoms with van der Waals surface area (Å²) in [5.41, 5.74) is 6.33. The highest BCUT2D eigenvalue weighted by Gasteiger charge is 2.15. The highest BCUT2D eigenvalue weighted by molar-refractivity contribution is 5.55. The smallest absolute Gasteiger partial charge is 0.240 e. The van der Waals surface area contributed by atoms with Crippen molar-refractivity contribution in [2.45, 2.75) is 25.5 Å². The molecule has 2 aromatic rings. The van der Waals surface area contributed by atoms with Gasteiger partial charge in [-0.25, -0.2) is 0 Å². The Morgan fingerprint density at radius 1 is 1.20 bits per heavy atom. The van der Waals surface area contributed by atoms with Crippen molar-refractivity contribution in [1.29, 1.82) is 0 Å². The lowest BCUT2D eigenvalue weighted by atomic mass is 10.1. The number of hydrogen-bond donors (Lipinski definition) is 1. The molecule has 6 nitrogen and oxygen atoms in total. The van der Waals surface area contributed by atoms with Gasteiger partial charge in [-0.1, -0.05) is 5.16 Å². The molecular formula is C14H17N3O3. The monoisotopic (exact) mass is 275 g/mol. The van der Waals surface area contributed by atoms with E-state index in [-0.39, 0.29) is 12.6 Å². The molecule has 1 fully saturated rings. The van der Waals surface area contributed by atoms with E-state index in [1.165, 1.54) is 0 Å². The zero-order chi connectivity index (χ0) is 13.8. The van der Waals surface area contributed by atoms with Gasteiger partial charge in [-0.2, -0.15) is 4.98 Å². The minimum atomic E-state index is 0.239. The molecule has 0 atom stereocenters. The fourth-order valence-electron chi connectivity index (χ4n) is 2.12. The molecule has 0 saturated carbocycles. The topological polar surface area (TPSA) is 83.4 Å². The fourth-order valence-corrected chi connectivity index (χ4v) is 2.12. The summed E-state index contributed by atoms with van der Waals surface area (Å²) >= 11 is 0. The first-order valence-electron chi connectivity index (χ1n) is 6.72. The number of nitrogens with two attached hydrogens (primary N) is 1. The van der Waals surface area contributed by atoms with Crippen molar-refractivity contribution in [2.24, 2.45) is 5.73 Å². The van der Waals surface area contributed by atoms with Crippen LogP contribution in [-0.4, -0.2) is 29.5 Å². The maximum atomic E-state index is 5.91. The SMILES string of the molecule is NCc1nc(-c2ccc(OC3CCOCC3)cc2)no1. The van der Waals surface area contributed by atoms with E-state index in [0.29, 0.717) is 11.7 Å². The van der Waals surface area contributed by atoms with Gasteiger partial charge in [-0.05, 0) is 24.3 Å². The van der Waals surface area contributed by atoms with Crippen LogP contribution in [0.5, 0.6) is 5.75 Å². The molecule has 6 heteroatoms. The highest BCUT2D eigenvalue weighted by atomic mass is 16.5. The molecule has 2 heterocycles. The Balaban J connectivity index is 1.67. The van der Waals surface area contributed by atoms with Crippen LogP contribution in [0.25, 0.3) is 11.4 Å². The molecular weight excluding hydrogens is 258 g/mol. The van der Waals surface area contributed by atoms with Gasteiger partial charge >= 0.3 is 0 Å². The number of hydrogen-bond acceptors (Lipinski definition) is 6. The van der Waals surface area contributed by atoms with Crippen molar-refractivity contribution < 1.29 is 14.0 Å². The third kappa shape index (κ3) is 2.97. The first-order chi connectivity index (χ1) is 9.85. The minimum Gasteiger partial charge on any atom is -0.490 e. The van der Waals surface area contributed by atoms with E-state index in [0.717, 1.165) is 37.4 Å². The highest BCUT2D eigenvalue weighted by Crippen LogP contribution is 2.22. The van der Waals surface area contributed by atoms with Gasteiger partial charge in [-0.3, -0.25) is 0 Å². The second kappa shape index (κ2) is 6.02. The molecule has 20 heavy (non-hydrogen) atoms.